The van der Waals surface area contributed by atoms with Crippen molar-refractivity contribution < 1.29 is 127 Å². The van der Waals surface area contributed by atoms with E-state index in [9.17, 15) is 53.4 Å². The molecule has 3 amide bonds. The van der Waals surface area contributed by atoms with E-state index in [2.05, 4.69) is 29.9 Å². The van der Waals surface area contributed by atoms with Gasteiger partial charge in [-0.05, 0) is 168 Å². The Morgan fingerprint density at radius 2 is 0.764 bits per heavy atom. The molecule has 0 radical (unpaired) electrons. The van der Waals surface area contributed by atoms with Crippen LogP contribution >= 0.6 is 0 Å². The molecule has 144 heavy (non-hydrogen) atoms. The van der Waals surface area contributed by atoms with Crippen LogP contribution in [0.25, 0.3) is 33.1 Å². The molecule has 10 aliphatic rings. The van der Waals surface area contributed by atoms with Crippen LogP contribution in [0.2, 0.25) is 0 Å². The molecule has 790 valence electrons. The molecule has 3 aromatic carbocycles. The van der Waals surface area contributed by atoms with Crippen LogP contribution in [-0.4, -0.2) is 210 Å². The van der Waals surface area contributed by atoms with Crippen LogP contribution in [0, 0.1) is 81.3 Å². The number of alkyl halides is 6. The standard InChI is InChI=1S/C38H51F2N3O7.2C34H43F2N3O7.2CH4/c1-20-29-19-43(31(20)35(46)50-37(5,6)7)34(45)25(36(2,3)4)18-30(44)48-28-16-21-15-24(21)23(28)11-9-10-14-38(39,40)32-33(49-29)42-27-17-22(47-8)12-13-26(27)41-32;2*1-19-26-18-39(28(19)32(42)43)31(41)22(33(2,3)4)17-27(40)45-25-12-7-6-10-20(25)11-8-9-15-34(35,36)29-30(46-26)38-24-16-21(44-5)13-14-23(24)37-29;;/h12-13,17,20-21,23-25,28-29,31H,9-11,14-16,18-19H2,1-8H3;6,10,13-14,16,19-20,22,25-26,28H,7-9,11-12,15,17-18H2,1-5H3,(H,42,43);6-7,13-14,16,19-20,22,25-26,28H,8-12,15,17-18H2,1-5H3,(H,42,43);2*1H4/t20-,21+,23-,24+,25-,28-,29+,31+;2*19-,20+,22-,25-,26+,28+;;/m111../s1. The van der Waals surface area contributed by atoms with Gasteiger partial charge in [-0.2, -0.15) is 26.3 Å². The Kier molecular flexibility index (Phi) is 34.5. The fraction of sp³-hybridized carbons (Fsp3) is 0.657. The molecule has 3 aromatic heterocycles. The summed E-state index contributed by atoms with van der Waals surface area (Å²) < 4.78 is 155. The number of esters is 4. The summed E-state index contributed by atoms with van der Waals surface area (Å²) in [4.78, 5) is 152. The first kappa shape index (κ1) is 112. The van der Waals surface area contributed by atoms with Gasteiger partial charge in [0, 0.05) is 67.6 Å². The average Bonchev–Trinajstić information content (AvgIpc) is 1.62. The quantitative estimate of drug-likeness (QED) is 0.0677. The number of hydrogen-bond donors (Lipinski definition) is 2. The van der Waals surface area contributed by atoms with Crippen molar-refractivity contribution in [3.8, 4) is 34.9 Å². The number of amides is 3. The summed E-state index contributed by atoms with van der Waals surface area (Å²) in [6.07, 6.45) is 10.0. The summed E-state index contributed by atoms with van der Waals surface area (Å²) in [6, 6.07) is 10.5. The number of hydrogen-bond acceptors (Lipinski definition) is 25. The minimum Gasteiger partial charge on any atom is -0.497 e. The zero-order valence-electron chi connectivity index (χ0n) is 84.5. The summed E-state index contributed by atoms with van der Waals surface area (Å²) in [5.41, 5.74) is -3.23. The number of rotatable bonds is 6. The predicted molar refractivity (Wildman–Crippen MR) is 523 cm³/mol. The summed E-state index contributed by atoms with van der Waals surface area (Å²) >= 11 is 0. The Morgan fingerprint density at radius 1 is 0.403 bits per heavy atom. The van der Waals surface area contributed by atoms with Gasteiger partial charge in [-0.3, -0.25) is 28.8 Å². The second kappa shape index (κ2) is 44.6. The molecule has 6 bridgehead atoms. The van der Waals surface area contributed by atoms with E-state index in [0.29, 0.717) is 92.4 Å². The SMILES string of the molecule is C.C.COc1ccc2nc3c(nc2c1)O[C@H]1CN(C(=O)[C@H](C(C)(C)C)CC(=O)O[C@@H]2CC=CC[C@H]2CCCCC3(F)F)[C@H](C(=O)O)[C@@H]1C.COc1ccc2nc3c(nc2c1)O[C@H]1CN(C(=O)[C@H](C(C)(C)C)CC(=O)O[C@@H]2CCC=C[C@H]2CCCCC3(F)F)[C@H](C(=O)O)[C@@H]1C.COc1ccc2nc3c(nc2c1)O[C@H]1CN(C(=O)[C@H](C(C)(C)C)CC(=O)O[C@@H]2C[C@@H]4C[C@@H]4[C@H]2CCCCC3(F)F)[C@H](C(=O)OC(C)(C)C)[C@@H]1C. The van der Waals surface area contributed by atoms with Crippen LogP contribution in [0.5, 0.6) is 34.9 Å². The Labute approximate surface area is 839 Å². The number of carbonyl (C=O) groups is 9. The van der Waals surface area contributed by atoms with Gasteiger partial charge in [-0.25, -0.2) is 44.3 Å². The molecule has 6 aromatic rings. The summed E-state index contributed by atoms with van der Waals surface area (Å²) in [5.74, 6) is -20.2. The van der Waals surface area contributed by atoms with Gasteiger partial charge in [0.25, 0.3) is 17.8 Å². The van der Waals surface area contributed by atoms with Gasteiger partial charge in [-0.1, -0.05) is 142 Å². The lowest BCUT2D eigenvalue weighted by atomic mass is 9.77. The van der Waals surface area contributed by atoms with Crippen LogP contribution in [-0.2, 0) is 79.9 Å². The van der Waals surface area contributed by atoms with Crippen molar-refractivity contribution in [3.63, 3.8) is 0 Å². The third-order valence-electron chi connectivity index (χ3n) is 30.1. The topological polar surface area (TPSA) is 373 Å². The summed E-state index contributed by atoms with van der Waals surface area (Å²) in [7, 11) is 4.45. The average molecular weight is 2020 g/mol. The smallest absolute Gasteiger partial charge is 0.329 e. The molecule has 16 rings (SSSR count). The van der Waals surface area contributed by atoms with E-state index in [0.717, 1.165) is 19.3 Å². The molecular weight excluding hydrogens is 1870 g/mol. The van der Waals surface area contributed by atoms with Gasteiger partial charge in [0.05, 0.1) is 111 Å². The zero-order valence-corrected chi connectivity index (χ0v) is 84.5. The minimum absolute atomic E-state index is 0. The Balaban J connectivity index is 0.000000191. The largest absolute Gasteiger partial charge is 0.497 e. The van der Waals surface area contributed by atoms with Gasteiger partial charge in [-0.15, -0.1) is 0 Å². The molecule has 5 fully saturated rings. The lowest BCUT2D eigenvalue weighted by Crippen LogP contribution is -2.50. The van der Waals surface area contributed by atoms with E-state index in [1.165, 1.54) is 36.0 Å². The lowest BCUT2D eigenvalue weighted by Gasteiger charge is -2.35. The molecule has 3 saturated heterocycles. The number of aromatic nitrogens is 6. The van der Waals surface area contributed by atoms with Crippen LogP contribution in [0.4, 0.5) is 26.3 Å². The lowest BCUT2D eigenvalue weighted by molar-refractivity contribution is -0.167. The first-order valence-corrected chi connectivity index (χ1v) is 50.0. The second-order valence-electron chi connectivity index (χ2n) is 44.5. The normalized spacial score (nSPS) is 29.7. The summed E-state index contributed by atoms with van der Waals surface area (Å²) in [5, 5.41) is 20.5. The highest BCUT2D eigenvalue weighted by Gasteiger charge is 2.59. The molecule has 0 spiro atoms. The molecular formula is C108H145F6N9O21. The number of allylic oxidation sites excluding steroid dienone is 2. The van der Waals surface area contributed by atoms with Gasteiger partial charge in [0.1, 0.15) is 77.6 Å². The van der Waals surface area contributed by atoms with E-state index in [4.69, 9.17) is 47.4 Å². The number of methoxy groups -OCH3 is 3. The fourth-order valence-electron chi connectivity index (χ4n) is 21.8. The number of carbonyl (C=O) groups excluding carboxylic acids is 7. The number of fused-ring (bicyclic) bond motifs is 17. The van der Waals surface area contributed by atoms with Crippen LogP contribution in [0.15, 0.2) is 78.9 Å². The number of aliphatic carboxylic acids is 2. The molecule has 6 aliphatic heterocycles. The highest BCUT2D eigenvalue weighted by molar-refractivity contribution is 5.92. The van der Waals surface area contributed by atoms with Crippen molar-refractivity contribution in [3.05, 3.63) is 96.0 Å². The zero-order chi connectivity index (χ0) is 103. The molecule has 4 aliphatic carbocycles. The maximum Gasteiger partial charge on any atom is 0.329 e. The maximum absolute atomic E-state index is 16.3. The first-order valence-electron chi connectivity index (χ1n) is 50.0. The Bertz CT molecular complexity index is 5670. The van der Waals surface area contributed by atoms with E-state index in [-0.39, 0.29) is 130 Å². The highest BCUT2D eigenvalue weighted by Crippen LogP contribution is 2.59. The van der Waals surface area contributed by atoms with E-state index in [1.54, 1.807) is 96.1 Å². The first-order chi connectivity index (χ1) is 66.7. The summed E-state index contributed by atoms with van der Waals surface area (Å²) in [6.45, 7) is 26.2. The van der Waals surface area contributed by atoms with Crippen LogP contribution in [0.3, 0.4) is 0 Å². The number of benzene rings is 3. The van der Waals surface area contributed by atoms with Gasteiger partial charge in [0.15, 0.2) is 17.1 Å². The number of halogens is 6. The molecule has 9 heterocycles. The number of nitrogens with zero attached hydrogens (tertiary/aromatic N) is 9. The van der Waals surface area contributed by atoms with E-state index < -0.39 is 225 Å². The maximum atomic E-state index is 16.3. The molecule has 2 N–H and O–H groups in total. The Hall–Kier alpha value is -11.2. The van der Waals surface area contributed by atoms with Crippen LogP contribution in [0.1, 0.15) is 271 Å². The van der Waals surface area contributed by atoms with Crippen molar-refractivity contribution in [1.29, 1.82) is 0 Å². The van der Waals surface area contributed by atoms with Crippen molar-refractivity contribution >= 4 is 86.6 Å². The fourth-order valence-corrected chi connectivity index (χ4v) is 21.8. The van der Waals surface area contributed by atoms with E-state index in [1.807, 2.05) is 86.6 Å². The number of ether oxygens (including phenoxy) is 10. The van der Waals surface area contributed by atoms with Gasteiger partial charge < -0.3 is 72.3 Å². The van der Waals surface area contributed by atoms with Crippen molar-refractivity contribution in [1.82, 2.24) is 44.6 Å². The third-order valence-corrected chi connectivity index (χ3v) is 30.1. The van der Waals surface area contributed by atoms with E-state index >= 15 is 26.3 Å². The Morgan fingerprint density at radius 3 is 1.15 bits per heavy atom. The minimum atomic E-state index is -3.42. The molecule has 20 atom stereocenters. The predicted octanol–water partition coefficient (Wildman–Crippen LogP) is 20.0. The molecule has 30 nitrogen and oxygen atoms in total. The van der Waals surface area contributed by atoms with Gasteiger partial charge >= 0.3 is 35.8 Å². The van der Waals surface area contributed by atoms with Crippen molar-refractivity contribution in [2.24, 2.45) is 81.3 Å². The van der Waals surface area contributed by atoms with Crippen molar-refractivity contribution in [2.75, 3.05) is 41.0 Å². The van der Waals surface area contributed by atoms with Crippen molar-refractivity contribution in [2.45, 2.75) is 332 Å². The van der Waals surface area contributed by atoms with Crippen LogP contribution < -0.4 is 28.4 Å². The van der Waals surface area contributed by atoms with Gasteiger partial charge in [0.2, 0.25) is 35.4 Å². The molecule has 36 heteroatoms. The number of carboxylic acid groups (broad SMARTS) is 2. The second-order valence-corrected chi connectivity index (χ2v) is 44.5. The third kappa shape index (κ3) is 25.3. The highest BCUT2D eigenvalue weighted by atomic mass is 19.3. The molecule has 2 saturated carbocycles. The molecule has 0 unspecified atom stereocenters. The number of carboxylic acids is 2. The monoisotopic (exact) mass is 2020 g/mol.